The zero-order valence-electron chi connectivity index (χ0n) is 12.6. The van der Waals surface area contributed by atoms with Crippen LogP contribution in [0.5, 0.6) is 0 Å². The van der Waals surface area contributed by atoms with E-state index in [-0.39, 0.29) is 18.9 Å². The maximum absolute atomic E-state index is 12.9. The first-order valence-corrected chi connectivity index (χ1v) is 8.46. The first-order valence-electron chi connectivity index (χ1n) is 7.23. The predicted molar refractivity (Wildman–Crippen MR) is 84.9 cm³/mol. The van der Waals surface area contributed by atoms with E-state index in [0.717, 1.165) is 10.7 Å². The number of nitrogens with zero attached hydrogens (tertiary/aromatic N) is 3. The van der Waals surface area contributed by atoms with Gasteiger partial charge in [0.15, 0.2) is 10.9 Å². The second-order valence-electron chi connectivity index (χ2n) is 5.23. The fraction of sp³-hybridized carbons (Fsp3) is 0.400. The summed E-state index contributed by atoms with van der Waals surface area (Å²) in [4.78, 5) is 30.0. The predicted octanol–water partition coefficient (Wildman–Crippen LogP) is 1.37. The molecule has 8 heteroatoms. The Labute approximate surface area is 137 Å². The Morgan fingerprint density at radius 3 is 3.04 bits per heavy atom. The van der Waals surface area contributed by atoms with Gasteiger partial charge in [-0.2, -0.15) is 0 Å². The number of carbonyl (C=O) groups is 2. The SMILES string of the molecule is CSc1nc(C(=O)N2CCOCC2CC(=O)O)c2ccccn12. The number of rotatable bonds is 4. The van der Waals surface area contributed by atoms with Crippen LogP contribution >= 0.6 is 11.8 Å². The van der Waals surface area contributed by atoms with Crippen LogP contribution in [0, 0.1) is 0 Å². The highest BCUT2D eigenvalue weighted by Gasteiger charge is 2.32. The van der Waals surface area contributed by atoms with Crippen LogP contribution in [0.1, 0.15) is 16.9 Å². The van der Waals surface area contributed by atoms with Gasteiger partial charge in [-0.1, -0.05) is 17.8 Å². The van der Waals surface area contributed by atoms with Crippen molar-refractivity contribution < 1.29 is 19.4 Å². The third-order valence-corrected chi connectivity index (χ3v) is 4.45. The molecule has 23 heavy (non-hydrogen) atoms. The number of carbonyl (C=O) groups excluding carboxylic acids is 1. The number of pyridine rings is 1. The number of ether oxygens (including phenoxy) is 1. The monoisotopic (exact) mass is 335 g/mol. The van der Waals surface area contributed by atoms with E-state index in [4.69, 9.17) is 9.84 Å². The van der Waals surface area contributed by atoms with E-state index in [1.165, 1.54) is 11.8 Å². The van der Waals surface area contributed by atoms with E-state index in [1.54, 1.807) is 4.90 Å². The van der Waals surface area contributed by atoms with Crippen LogP contribution in [0.25, 0.3) is 5.52 Å². The smallest absolute Gasteiger partial charge is 0.305 e. The lowest BCUT2D eigenvalue weighted by Gasteiger charge is -2.34. The van der Waals surface area contributed by atoms with Gasteiger partial charge in [0, 0.05) is 12.7 Å². The molecule has 1 fully saturated rings. The maximum Gasteiger partial charge on any atom is 0.305 e. The molecule has 1 saturated heterocycles. The normalized spacial score (nSPS) is 18.3. The zero-order chi connectivity index (χ0) is 16.4. The number of fused-ring (bicyclic) bond motifs is 1. The minimum atomic E-state index is -0.946. The lowest BCUT2D eigenvalue weighted by molar-refractivity contribution is -0.139. The molecule has 122 valence electrons. The number of thioether (sulfide) groups is 1. The van der Waals surface area contributed by atoms with E-state index in [1.807, 2.05) is 35.1 Å². The van der Waals surface area contributed by atoms with Gasteiger partial charge in [0.05, 0.1) is 31.2 Å². The molecule has 1 aliphatic heterocycles. The first-order chi connectivity index (χ1) is 11.1. The molecule has 7 nitrogen and oxygen atoms in total. The van der Waals surface area contributed by atoms with Gasteiger partial charge in [-0.3, -0.25) is 14.0 Å². The fourth-order valence-electron chi connectivity index (χ4n) is 2.74. The van der Waals surface area contributed by atoms with Gasteiger partial charge in [-0.15, -0.1) is 0 Å². The molecule has 0 aliphatic carbocycles. The highest BCUT2D eigenvalue weighted by molar-refractivity contribution is 7.98. The van der Waals surface area contributed by atoms with Crippen molar-refractivity contribution in [2.24, 2.45) is 0 Å². The van der Waals surface area contributed by atoms with Gasteiger partial charge in [-0.25, -0.2) is 4.98 Å². The van der Waals surface area contributed by atoms with E-state index in [2.05, 4.69) is 4.98 Å². The molecule has 0 saturated carbocycles. The summed E-state index contributed by atoms with van der Waals surface area (Å²) in [5.41, 5.74) is 1.08. The van der Waals surface area contributed by atoms with Crippen LogP contribution in [-0.4, -0.2) is 63.3 Å². The molecule has 1 atom stereocenters. The molecule has 3 heterocycles. The van der Waals surface area contributed by atoms with Gasteiger partial charge < -0.3 is 14.7 Å². The number of hydrogen-bond donors (Lipinski definition) is 1. The lowest BCUT2D eigenvalue weighted by Crippen LogP contribution is -2.49. The Hall–Kier alpha value is -2.06. The summed E-state index contributed by atoms with van der Waals surface area (Å²) in [7, 11) is 0. The quantitative estimate of drug-likeness (QED) is 0.850. The first kappa shape index (κ1) is 15.8. The molecule has 0 aromatic carbocycles. The summed E-state index contributed by atoms with van der Waals surface area (Å²) in [6.07, 6.45) is 3.63. The van der Waals surface area contributed by atoms with E-state index < -0.39 is 12.0 Å². The Kier molecular flexibility index (Phi) is 4.53. The summed E-state index contributed by atoms with van der Waals surface area (Å²) in [6.45, 7) is 1.01. The Morgan fingerprint density at radius 2 is 2.30 bits per heavy atom. The van der Waals surface area contributed by atoms with Gasteiger partial charge in [-0.05, 0) is 18.4 Å². The van der Waals surface area contributed by atoms with Gasteiger partial charge in [0.2, 0.25) is 0 Å². The van der Waals surface area contributed by atoms with E-state index in [9.17, 15) is 9.59 Å². The van der Waals surface area contributed by atoms with Crippen molar-refractivity contribution in [1.29, 1.82) is 0 Å². The standard InChI is InChI=1S/C15H17N3O4S/c1-23-15-16-13(11-4-2-3-5-18(11)15)14(21)17-6-7-22-9-10(17)8-12(19)20/h2-5,10H,6-9H2,1H3,(H,19,20). The molecule has 1 unspecified atom stereocenters. The van der Waals surface area contributed by atoms with Crippen molar-refractivity contribution in [3.8, 4) is 0 Å². The number of amides is 1. The van der Waals surface area contributed by atoms with Crippen LogP contribution in [0.3, 0.4) is 0 Å². The fourth-order valence-corrected chi connectivity index (χ4v) is 3.28. The Morgan fingerprint density at radius 1 is 1.48 bits per heavy atom. The van der Waals surface area contributed by atoms with E-state index in [0.29, 0.717) is 18.8 Å². The molecule has 1 aliphatic rings. The highest BCUT2D eigenvalue weighted by atomic mass is 32.2. The second-order valence-corrected chi connectivity index (χ2v) is 6.00. The molecule has 1 amide bonds. The van der Waals surface area contributed by atoms with Crippen LogP contribution in [0.15, 0.2) is 29.6 Å². The van der Waals surface area contributed by atoms with Gasteiger partial charge >= 0.3 is 5.97 Å². The third kappa shape index (κ3) is 3.04. The zero-order valence-corrected chi connectivity index (χ0v) is 13.5. The van der Waals surface area contributed by atoms with Crippen molar-refractivity contribution in [3.63, 3.8) is 0 Å². The van der Waals surface area contributed by atoms with Crippen molar-refractivity contribution in [2.75, 3.05) is 26.0 Å². The molecule has 0 spiro atoms. The summed E-state index contributed by atoms with van der Waals surface area (Å²) in [5, 5.41) is 9.76. The molecule has 2 aromatic rings. The largest absolute Gasteiger partial charge is 0.481 e. The summed E-state index contributed by atoms with van der Waals surface area (Å²) >= 11 is 1.46. The Bertz CT molecular complexity index is 745. The average Bonchev–Trinajstić information content (AvgIpc) is 2.93. The molecular weight excluding hydrogens is 318 g/mol. The van der Waals surface area contributed by atoms with Crippen LogP contribution in [0.4, 0.5) is 0 Å². The number of carboxylic acids is 1. The molecular formula is C15H17N3O4S. The van der Waals surface area contributed by atoms with Crippen molar-refractivity contribution in [1.82, 2.24) is 14.3 Å². The van der Waals surface area contributed by atoms with Crippen molar-refractivity contribution >= 4 is 29.2 Å². The van der Waals surface area contributed by atoms with Crippen LogP contribution in [0.2, 0.25) is 0 Å². The number of carboxylic acid groups (broad SMARTS) is 1. The summed E-state index contributed by atoms with van der Waals surface area (Å²) in [5.74, 6) is -1.19. The summed E-state index contributed by atoms with van der Waals surface area (Å²) in [6, 6.07) is 5.11. The average molecular weight is 335 g/mol. The molecule has 0 radical (unpaired) electrons. The number of morpholine rings is 1. The summed E-state index contributed by atoms with van der Waals surface area (Å²) < 4.78 is 7.19. The lowest BCUT2D eigenvalue weighted by atomic mass is 10.1. The second kappa shape index (κ2) is 6.59. The minimum absolute atomic E-state index is 0.132. The van der Waals surface area contributed by atoms with Crippen molar-refractivity contribution in [3.05, 3.63) is 30.1 Å². The minimum Gasteiger partial charge on any atom is -0.481 e. The molecule has 2 aromatic heterocycles. The topological polar surface area (TPSA) is 84.1 Å². The number of aliphatic carboxylic acids is 1. The van der Waals surface area contributed by atoms with Crippen molar-refractivity contribution in [2.45, 2.75) is 17.6 Å². The van der Waals surface area contributed by atoms with Gasteiger partial charge in [0.1, 0.15) is 0 Å². The molecule has 0 bridgehead atoms. The number of imidazole rings is 1. The number of aromatic nitrogens is 2. The Balaban J connectivity index is 1.97. The van der Waals surface area contributed by atoms with Crippen LogP contribution < -0.4 is 0 Å². The van der Waals surface area contributed by atoms with E-state index >= 15 is 0 Å². The van der Waals surface area contributed by atoms with Crippen LogP contribution in [-0.2, 0) is 9.53 Å². The third-order valence-electron chi connectivity index (χ3n) is 3.80. The molecule has 1 N–H and O–H groups in total. The molecule has 3 rings (SSSR count). The highest BCUT2D eigenvalue weighted by Crippen LogP contribution is 2.23. The number of hydrogen-bond acceptors (Lipinski definition) is 5. The maximum atomic E-state index is 12.9. The van der Waals surface area contributed by atoms with Gasteiger partial charge in [0.25, 0.3) is 5.91 Å².